The van der Waals surface area contributed by atoms with Gasteiger partial charge in [-0.05, 0) is 51.5 Å². The fourth-order valence-corrected chi connectivity index (χ4v) is 4.89. The summed E-state index contributed by atoms with van der Waals surface area (Å²) < 4.78 is 10.2. The third-order valence-electron chi connectivity index (χ3n) is 7.13. The molecule has 8 heteroatoms. The van der Waals surface area contributed by atoms with Gasteiger partial charge in [0.1, 0.15) is 22.9 Å². The average molecular weight is 430 g/mol. The van der Waals surface area contributed by atoms with Crippen LogP contribution in [0, 0.1) is 35.6 Å². The van der Waals surface area contributed by atoms with Gasteiger partial charge in [-0.15, -0.1) is 0 Å². The first-order chi connectivity index (χ1) is 15.6. The van der Waals surface area contributed by atoms with Gasteiger partial charge in [0.05, 0.1) is 24.5 Å². The van der Waals surface area contributed by atoms with E-state index in [9.17, 15) is 5.26 Å². The molecule has 0 aromatic carbocycles. The lowest BCUT2D eigenvalue weighted by Crippen LogP contribution is -2.31. The van der Waals surface area contributed by atoms with Crippen molar-refractivity contribution in [3.63, 3.8) is 0 Å². The molecule has 0 spiro atoms. The third-order valence-corrected chi connectivity index (χ3v) is 7.13. The third kappa shape index (κ3) is 3.46. The zero-order chi connectivity index (χ0) is 22.2. The lowest BCUT2D eigenvalue weighted by molar-refractivity contribution is 0.1000. The summed E-state index contributed by atoms with van der Waals surface area (Å²) in [6.07, 6.45) is 13.2. The minimum absolute atomic E-state index is 0.0957. The summed E-state index contributed by atoms with van der Waals surface area (Å²) in [6, 6.07) is 4.56. The molecule has 0 unspecified atom stereocenters. The van der Waals surface area contributed by atoms with Crippen LogP contribution in [-0.2, 0) is 0 Å². The number of fused-ring (bicyclic) bond motifs is 1. The normalized spacial score (nSPS) is 18.2. The maximum absolute atomic E-state index is 9.57. The highest BCUT2D eigenvalue weighted by atomic mass is 16.5. The van der Waals surface area contributed by atoms with E-state index in [1.165, 1.54) is 19.3 Å². The number of hydrogen-bond donors (Lipinski definition) is 0. The fraction of sp³-hybridized carbons (Fsp3) is 0.500. The van der Waals surface area contributed by atoms with E-state index >= 15 is 0 Å². The first kappa shape index (κ1) is 20.4. The molecule has 2 fully saturated rings. The van der Waals surface area contributed by atoms with E-state index in [1.54, 1.807) is 10.7 Å². The van der Waals surface area contributed by atoms with Crippen molar-refractivity contribution in [3.8, 4) is 29.1 Å². The van der Waals surface area contributed by atoms with Crippen LogP contribution in [-0.4, -0.2) is 43.5 Å². The smallest absolute Gasteiger partial charge is 0.179 e. The second-order valence-corrected chi connectivity index (χ2v) is 8.98. The van der Waals surface area contributed by atoms with Gasteiger partial charge in [0, 0.05) is 36.1 Å². The van der Waals surface area contributed by atoms with Gasteiger partial charge < -0.3 is 9.64 Å². The quantitative estimate of drug-likeness (QED) is 0.568. The van der Waals surface area contributed by atoms with Gasteiger partial charge in [0.2, 0.25) is 0 Å². The maximum atomic E-state index is 9.57. The van der Waals surface area contributed by atoms with E-state index in [2.05, 4.69) is 35.9 Å². The highest BCUT2D eigenvalue weighted by Gasteiger charge is 2.27. The van der Waals surface area contributed by atoms with Gasteiger partial charge in [0.15, 0.2) is 6.19 Å². The topological polar surface area (TPSA) is 95.2 Å². The number of hydrogen-bond acceptors (Lipinski definition) is 6. The Balaban J connectivity index is 1.50. The Labute approximate surface area is 187 Å². The number of piperidine rings is 1. The van der Waals surface area contributed by atoms with E-state index < -0.39 is 0 Å². The van der Waals surface area contributed by atoms with E-state index in [1.807, 2.05) is 23.4 Å². The van der Waals surface area contributed by atoms with Crippen molar-refractivity contribution in [2.45, 2.75) is 58.1 Å². The zero-order valence-corrected chi connectivity index (χ0v) is 18.5. The van der Waals surface area contributed by atoms with Gasteiger partial charge in [-0.25, -0.2) is 4.52 Å². The number of rotatable bonds is 5. The molecular weight excluding hydrogens is 402 g/mol. The van der Waals surface area contributed by atoms with Crippen LogP contribution >= 0.6 is 0 Å². The van der Waals surface area contributed by atoms with Gasteiger partial charge >= 0.3 is 0 Å². The molecule has 1 aliphatic carbocycles. The van der Waals surface area contributed by atoms with Crippen molar-refractivity contribution in [1.82, 2.24) is 24.3 Å². The second-order valence-electron chi connectivity index (χ2n) is 8.98. The molecule has 1 aliphatic heterocycles. The van der Waals surface area contributed by atoms with Crippen molar-refractivity contribution in [2.75, 3.05) is 13.1 Å². The molecule has 8 nitrogen and oxygen atoms in total. The summed E-state index contributed by atoms with van der Waals surface area (Å²) in [7, 11) is 0. The molecule has 0 bridgehead atoms. The van der Waals surface area contributed by atoms with Crippen molar-refractivity contribution < 1.29 is 4.74 Å². The second kappa shape index (κ2) is 8.20. The Hall–Kier alpha value is -3.52. The molecule has 0 N–H and O–H groups in total. The van der Waals surface area contributed by atoms with Crippen LogP contribution in [0.15, 0.2) is 24.7 Å². The highest BCUT2D eigenvalue weighted by molar-refractivity contribution is 5.76. The van der Waals surface area contributed by atoms with Crippen molar-refractivity contribution in [2.24, 2.45) is 5.92 Å². The monoisotopic (exact) mass is 429 g/mol. The largest absolute Gasteiger partial charge is 0.488 e. The lowest BCUT2D eigenvalue weighted by Gasteiger charge is -2.31. The fourth-order valence-electron chi connectivity index (χ4n) is 4.89. The molecule has 32 heavy (non-hydrogen) atoms. The summed E-state index contributed by atoms with van der Waals surface area (Å²) >= 11 is 0. The van der Waals surface area contributed by atoms with E-state index in [0.29, 0.717) is 23.3 Å². The predicted molar refractivity (Wildman–Crippen MR) is 119 cm³/mol. The molecule has 1 atom stereocenters. The van der Waals surface area contributed by atoms with Crippen molar-refractivity contribution in [3.05, 3.63) is 35.9 Å². The summed E-state index contributed by atoms with van der Waals surface area (Å²) in [4.78, 5) is 1.81. The van der Waals surface area contributed by atoms with Gasteiger partial charge in [-0.2, -0.15) is 20.7 Å². The van der Waals surface area contributed by atoms with Crippen LogP contribution in [0.3, 0.4) is 0 Å². The highest BCUT2D eigenvalue weighted by Crippen LogP contribution is 2.36. The molecular formula is C24H27N7O. The number of nitrogens with zero attached hydrogens (tertiary/aromatic N) is 7. The van der Waals surface area contributed by atoms with Crippen LogP contribution in [0.4, 0.5) is 0 Å². The predicted octanol–water partition coefficient (Wildman–Crippen LogP) is 4.06. The Bertz CT molecular complexity index is 1220. The molecule has 1 saturated heterocycles. The van der Waals surface area contributed by atoms with E-state index in [4.69, 9.17) is 15.1 Å². The van der Waals surface area contributed by atoms with Crippen LogP contribution in [0.25, 0.3) is 16.6 Å². The Morgan fingerprint density at radius 3 is 2.56 bits per heavy atom. The van der Waals surface area contributed by atoms with E-state index in [0.717, 1.165) is 48.3 Å². The lowest BCUT2D eigenvalue weighted by atomic mass is 9.82. The number of likely N-dealkylation sites (tertiary alicyclic amines) is 1. The molecule has 3 aromatic heterocycles. The Morgan fingerprint density at radius 2 is 1.91 bits per heavy atom. The SMILES string of the molecule is Cc1c(-c2cc(O[C@H](C)C3CCC3)c3c(C#N)cnn3c2)cnn1C1CCN(C#N)CC1. The van der Waals surface area contributed by atoms with Crippen LogP contribution < -0.4 is 4.74 Å². The summed E-state index contributed by atoms with van der Waals surface area (Å²) in [5.74, 6) is 1.27. The minimum Gasteiger partial charge on any atom is -0.488 e. The van der Waals surface area contributed by atoms with Crippen LogP contribution in [0.5, 0.6) is 5.75 Å². The van der Waals surface area contributed by atoms with Crippen molar-refractivity contribution in [1.29, 1.82) is 10.5 Å². The number of pyridine rings is 1. The van der Waals surface area contributed by atoms with E-state index in [-0.39, 0.29) is 6.10 Å². The zero-order valence-electron chi connectivity index (χ0n) is 18.5. The van der Waals surface area contributed by atoms with Crippen LogP contribution in [0.1, 0.15) is 56.3 Å². The maximum Gasteiger partial charge on any atom is 0.179 e. The molecule has 0 amide bonds. The van der Waals surface area contributed by atoms with Crippen molar-refractivity contribution >= 4 is 5.52 Å². The number of ether oxygens (including phenoxy) is 1. The molecule has 4 heterocycles. The summed E-state index contributed by atoms with van der Waals surface area (Å²) in [5.41, 5.74) is 4.33. The molecule has 0 radical (unpaired) electrons. The first-order valence-corrected chi connectivity index (χ1v) is 11.4. The Morgan fingerprint density at radius 1 is 1.12 bits per heavy atom. The van der Waals surface area contributed by atoms with Gasteiger partial charge in [-0.1, -0.05) is 6.42 Å². The first-order valence-electron chi connectivity index (χ1n) is 11.4. The molecule has 164 valence electrons. The minimum atomic E-state index is 0.0957. The molecule has 2 aliphatic rings. The standard InChI is InChI=1S/C24H27N7O/c1-16-22(13-28-31(16)21-6-8-29(15-26)9-7-21)19-10-23(32-17(2)18-4-3-5-18)24-20(11-25)12-27-30(24)14-19/h10,12-14,17-18,21H,3-9H2,1-2H3/t17-/m1/s1. The van der Waals surface area contributed by atoms with Gasteiger partial charge in [0.25, 0.3) is 0 Å². The molecule has 1 saturated carbocycles. The average Bonchev–Trinajstić information content (AvgIpc) is 3.35. The molecule has 3 aromatic rings. The number of aromatic nitrogens is 4. The van der Waals surface area contributed by atoms with Gasteiger partial charge in [-0.3, -0.25) is 4.68 Å². The number of nitriles is 2. The summed E-state index contributed by atoms with van der Waals surface area (Å²) in [5, 5.41) is 27.8. The summed E-state index contributed by atoms with van der Waals surface area (Å²) in [6.45, 7) is 5.74. The van der Waals surface area contributed by atoms with Crippen LogP contribution in [0.2, 0.25) is 0 Å². The Kier molecular flexibility index (Phi) is 5.22. The molecule has 5 rings (SSSR count).